The van der Waals surface area contributed by atoms with Gasteiger partial charge in [-0.25, -0.2) is 0 Å². The fourth-order valence-corrected chi connectivity index (χ4v) is 1.86. The van der Waals surface area contributed by atoms with Crippen molar-refractivity contribution < 1.29 is 5.11 Å². The Morgan fingerprint density at radius 3 is 2.64 bits per heavy atom. The van der Waals surface area contributed by atoms with Crippen molar-refractivity contribution >= 4 is 0 Å². The van der Waals surface area contributed by atoms with E-state index in [-0.39, 0.29) is 6.10 Å². The lowest BCUT2D eigenvalue weighted by atomic mass is 9.97. The number of nitrogens with one attached hydrogen (secondary N) is 1. The van der Waals surface area contributed by atoms with Gasteiger partial charge >= 0.3 is 0 Å². The maximum Gasteiger partial charge on any atom is 0.0662 e. The summed E-state index contributed by atoms with van der Waals surface area (Å²) >= 11 is 0. The largest absolute Gasteiger partial charge is 0.392 e. The number of hydrogen-bond acceptors (Lipinski definition) is 3. The Morgan fingerprint density at radius 1 is 1.43 bits per heavy atom. The van der Waals surface area contributed by atoms with Gasteiger partial charge in [0.25, 0.3) is 0 Å². The summed E-state index contributed by atoms with van der Waals surface area (Å²) in [6.07, 6.45) is 3.28. The molecule has 3 nitrogen and oxygen atoms in total. The van der Waals surface area contributed by atoms with Crippen molar-refractivity contribution in [3.05, 3.63) is 0 Å². The van der Waals surface area contributed by atoms with Crippen molar-refractivity contribution in [1.82, 2.24) is 10.2 Å². The van der Waals surface area contributed by atoms with E-state index < -0.39 is 0 Å². The highest BCUT2D eigenvalue weighted by molar-refractivity contribution is 4.72. The molecule has 1 fully saturated rings. The van der Waals surface area contributed by atoms with Crippen LogP contribution in [0.4, 0.5) is 0 Å². The van der Waals surface area contributed by atoms with Crippen LogP contribution < -0.4 is 5.32 Å². The third-order valence-corrected chi connectivity index (χ3v) is 3.12. The Hall–Kier alpha value is -0.120. The van der Waals surface area contributed by atoms with Crippen molar-refractivity contribution in [3.63, 3.8) is 0 Å². The normalized spacial score (nSPS) is 22.5. The molecule has 0 aromatic carbocycles. The Morgan fingerprint density at radius 2 is 2.07 bits per heavy atom. The molecule has 1 aliphatic rings. The summed E-state index contributed by atoms with van der Waals surface area (Å²) < 4.78 is 0. The molecule has 1 rings (SSSR count). The number of hydrogen-bond donors (Lipinski definition) is 2. The van der Waals surface area contributed by atoms with E-state index in [9.17, 15) is 5.11 Å². The van der Waals surface area contributed by atoms with E-state index in [0.717, 1.165) is 25.4 Å². The fourth-order valence-electron chi connectivity index (χ4n) is 1.86. The summed E-state index contributed by atoms with van der Waals surface area (Å²) in [4.78, 5) is 2.39. The molecule has 0 spiro atoms. The lowest BCUT2D eigenvalue weighted by molar-refractivity contribution is 0.159. The van der Waals surface area contributed by atoms with Gasteiger partial charge in [-0.05, 0) is 51.9 Å². The first-order valence-electron chi connectivity index (χ1n) is 5.79. The Bertz CT molecular complexity index is 144. The average molecular weight is 200 g/mol. The van der Waals surface area contributed by atoms with Gasteiger partial charge in [0.15, 0.2) is 0 Å². The zero-order chi connectivity index (χ0) is 10.4. The van der Waals surface area contributed by atoms with Crippen molar-refractivity contribution in [2.75, 3.05) is 33.2 Å². The van der Waals surface area contributed by atoms with E-state index in [1.807, 2.05) is 6.92 Å². The van der Waals surface area contributed by atoms with Crippen LogP contribution in [0.2, 0.25) is 0 Å². The molecule has 84 valence electrons. The summed E-state index contributed by atoms with van der Waals surface area (Å²) in [5, 5.41) is 12.7. The van der Waals surface area contributed by atoms with Gasteiger partial charge in [0.2, 0.25) is 0 Å². The molecule has 2 N–H and O–H groups in total. The van der Waals surface area contributed by atoms with Crippen LogP contribution in [0.5, 0.6) is 0 Å². The van der Waals surface area contributed by atoms with Gasteiger partial charge in [-0.15, -0.1) is 0 Å². The molecule has 0 bridgehead atoms. The predicted molar refractivity (Wildman–Crippen MR) is 59.4 cm³/mol. The van der Waals surface area contributed by atoms with Crippen LogP contribution in [0.15, 0.2) is 0 Å². The highest BCUT2D eigenvalue weighted by Gasteiger charge is 2.16. The molecule has 1 saturated heterocycles. The summed E-state index contributed by atoms with van der Waals surface area (Å²) in [5.74, 6) is 0.815. The van der Waals surface area contributed by atoms with Crippen LogP contribution >= 0.6 is 0 Å². The van der Waals surface area contributed by atoms with Crippen LogP contribution in [0.1, 0.15) is 26.2 Å². The van der Waals surface area contributed by atoms with Crippen LogP contribution in [-0.4, -0.2) is 49.3 Å². The minimum Gasteiger partial charge on any atom is -0.392 e. The molecule has 0 aromatic heterocycles. The first-order chi connectivity index (χ1) is 6.72. The second kappa shape index (κ2) is 6.38. The Labute approximate surface area is 87.5 Å². The number of aliphatic hydroxyl groups is 1. The van der Waals surface area contributed by atoms with E-state index in [4.69, 9.17) is 0 Å². The molecular formula is C11H24N2O. The maximum atomic E-state index is 9.36. The zero-order valence-corrected chi connectivity index (χ0v) is 9.50. The Kier molecular flexibility index (Phi) is 5.45. The molecule has 1 unspecified atom stereocenters. The molecule has 0 amide bonds. The molecule has 1 heterocycles. The van der Waals surface area contributed by atoms with Crippen LogP contribution in [0, 0.1) is 5.92 Å². The highest BCUT2D eigenvalue weighted by Crippen LogP contribution is 2.14. The lowest BCUT2D eigenvalue weighted by Crippen LogP contribution is -2.37. The van der Waals surface area contributed by atoms with Gasteiger partial charge in [0.05, 0.1) is 6.10 Å². The molecular weight excluding hydrogens is 176 g/mol. The van der Waals surface area contributed by atoms with Crippen molar-refractivity contribution in [3.8, 4) is 0 Å². The number of aliphatic hydroxyl groups excluding tert-OH is 1. The van der Waals surface area contributed by atoms with Crippen molar-refractivity contribution in [1.29, 1.82) is 0 Å². The predicted octanol–water partition coefficient (Wildman–Crippen LogP) is 0.689. The number of rotatable bonds is 5. The summed E-state index contributed by atoms with van der Waals surface area (Å²) in [6.45, 7) is 6.29. The second-order valence-corrected chi connectivity index (χ2v) is 4.47. The summed E-state index contributed by atoms with van der Waals surface area (Å²) in [6, 6.07) is 0. The molecule has 0 aliphatic carbocycles. The summed E-state index contributed by atoms with van der Waals surface area (Å²) in [5.41, 5.74) is 0. The standard InChI is InChI=1S/C11H24N2O/c1-3-11(14)9-12-8-10-4-6-13(2)7-5-10/h10-12,14H,3-9H2,1-2H3. The van der Waals surface area contributed by atoms with Crippen LogP contribution in [-0.2, 0) is 0 Å². The molecule has 0 saturated carbocycles. The fraction of sp³-hybridized carbons (Fsp3) is 1.00. The van der Waals surface area contributed by atoms with Gasteiger partial charge < -0.3 is 15.3 Å². The van der Waals surface area contributed by atoms with Gasteiger partial charge in [-0.2, -0.15) is 0 Å². The maximum absolute atomic E-state index is 9.36. The molecule has 1 atom stereocenters. The second-order valence-electron chi connectivity index (χ2n) is 4.47. The first-order valence-corrected chi connectivity index (χ1v) is 5.79. The Balaban J connectivity index is 2.02. The number of nitrogens with zero attached hydrogens (tertiary/aromatic N) is 1. The van der Waals surface area contributed by atoms with E-state index in [1.54, 1.807) is 0 Å². The van der Waals surface area contributed by atoms with E-state index in [1.165, 1.54) is 25.9 Å². The van der Waals surface area contributed by atoms with Crippen molar-refractivity contribution in [2.24, 2.45) is 5.92 Å². The van der Waals surface area contributed by atoms with Gasteiger partial charge in [-0.1, -0.05) is 6.92 Å². The zero-order valence-electron chi connectivity index (χ0n) is 9.50. The van der Waals surface area contributed by atoms with Gasteiger partial charge in [0.1, 0.15) is 0 Å². The molecule has 14 heavy (non-hydrogen) atoms. The third-order valence-electron chi connectivity index (χ3n) is 3.12. The van der Waals surface area contributed by atoms with Crippen LogP contribution in [0.3, 0.4) is 0 Å². The van der Waals surface area contributed by atoms with Crippen LogP contribution in [0.25, 0.3) is 0 Å². The number of likely N-dealkylation sites (tertiary alicyclic amines) is 1. The first kappa shape index (κ1) is 12.0. The minimum absolute atomic E-state index is 0.165. The topological polar surface area (TPSA) is 35.5 Å². The summed E-state index contributed by atoms with van der Waals surface area (Å²) in [7, 11) is 2.19. The molecule has 3 heteroatoms. The van der Waals surface area contributed by atoms with Gasteiger partial charge in [-0.3, -0.25) is 0 Å². The molecule has 1 aliphatic heterocycles. The molecule has 0 radical (unpaired) electrons. The van der Waals surface area contributed by atoms with E-state index in [0.29, 0.717) is 0 Å². The monoisotopic (exact) mass is 200 g/mol. The van der Waals surface area contributed by atoms with Crippen molar-refractivity contribution in [2.45, 2.75) is 32.3 Å². The highest BCUT2D eigenvalue weighted by atomic mass is 16.3. The quantitative estimate of drug-likeness (QED) is 0.685. The smallest absolute Gasteiger partial charge is 0.0662 e. The van der Waals surface area contributed by atoms with E-state index >= 15 is 0 Å². The van der Waals surface area contributed by atoms with E-state index in [2.05, 4.69) is 17.3 Å². The third kappa shape index (κ3) is 4.40. The average Bonchev–Trinajstić information content (AvgIpc) is 2.21. The molecule has 0 aromatic rings. The number of piperidine rings is 1. The van der Waals surface area contributed by atoms with Gasteiger partial charge in [0, 0.05) is 6.54 Å². The SMILES string of the molecule is CCC(O)CNCC1CCN(C)CC1. The lowest BCUT2D eigenvalue weighted by Gasteiger charge is -2.29. The minimum atomic E-state index is -0.165.